The summed E-state index contributed by atoms with van der Waals surface area (Å²) >= 11 is 0. The van der Waals surface area contributed by atoms with E-state index in [1.54, 1.807) is 13.0 Å². The number of carbonyl (C=O) groups is 2. The fourth-order valence-electron chi connectivity index (χ4n) is 4.50. The molecular weight excluding hydrogens is 406 g/mol. The predicted octanol–water partition coefficient (Wildman–Crippen LogP) is 4.40. The summed E-state index contributed by atoms with van der Waals surface area (Å²) in [5.74, 6) is 1.38. The van der Waals surface area contributed by atoms with Gasteiger partial charge in [-0.1, -0.05) is 18.6 Å². The standard InChI is InChI=1S/C25H33N3O4/c1-18-23(12-15-31-18)24(29)27-20-10-13-28(14-11-20)25(30)26-17-19-6-5-9-22(16-19)32-21-7-3-2-4-8-21/h5-6,9,12,15-16,20-21H,2-4,7-8,10-11,13-14,17H2,1H3,(H,26,30)(H,27,29). The molecule has 7 nitrogen and oxygen atoms in total. The Morgan fingerprint density at radius 1 is 1.09 bits per heavy atom. The van der Waals surface area contributed by atoms with Crippen molar-refractivity contribution in [2.24, 2.45) is 0 Å². The van der Waals surface area contributed by atoms with Crippen molar-refractivity contribution in [1.82, 2.24) is 15.5 Å². The van der Waals surface area contributed by atoms with Crippen molar-refractivity contribution in [3.8, 4) is 5.75 Å². The van der Waals surface area contributed by atoms with Gasteiger partial charge in [-0.2, -0.15) is 0 Å². The van der Waals surface area contributed by atoms with E-state index in [1.807, 2.05) is 29.2 Å². The number of ether oxygens (including phenoxy) is 1. The van der Waals surface area contributed by atoms with Gasteiger partial charge in [0.15, 0.2) is 0 Å². The molecule has 2 fully saturated rings. The topological polar surface area (TPSA) is 83.8 Å². The lowest BCUT2D eigenvalue weighted by Crippen LogP contribution is -2.49. The van der Waals surface area contributed by atoms with Crippen molar-refractivity contribution >= 4 is 11.9 Å². The molecule has 172 valence electrons. The summed E-state index contributed by atoms with van der Waals surface area (Å²) in [6, 6.07) is 9.68. The molecule has 0 radical (unpaired) electrons. The van der Waals surface area contributed by atoms with Gasteiger partial charge >= 0.3 is 6.03 Å². The van der Waals surface area contributed by atoms with Crippen molar-refractivity contribution in [2.45, 2.75) is 70.6 Å². The molecule has 2 aromatic rings. The van der Waals surface area contributed by atoms with Crippen LogP contribution in [0.3, 0.4) is 0 Å². The Kier molecular flexibility index (Phi) is 7.35. The molecule has 3 amide bonds. The predicted molar refractivity (Wildman–Crippen MR) is 122 cm³/mol. The van der Waals surface area contributed by atoms with Gasteiger partial charge in [-0.3, -0.25) is 4.79 Å². The van der Waals surface area contributed by atoms with Crippen LogP contribution < -0.4 is 15.4 Å². The Hall–Kier alpha value is -2.96. The number of nitrogens with zero attached hydrogens (tertiary/aromatic N) is 1. The molecule has 2 aliphatic rings. The molecule has 0 bridgehead atoms. The van der Waals surface area contributed by atoms with Crippen molar-refractivity contribution in [3.63, 3.8) is 0 Å². The molecule has 2 heterocycles. The van der Waals surface area contributed by atoms with Crippen LogP contribution in [-0.2, 0) is 6.54 Å². The van der Waals surface area contributed by atoms with E-state index in [9.17, 15) is 9.59 Å². The highest BCUT2D eigenvalue weighted by Crippen LogP contribution is 2.24. The summed E-state index contributed by atoms with van der Waals surface area (Å²) in [5.41, 5.74) is 1.60. The Labute approximate surface area is 189 Å². The first kappa shape index (κ1) is 22.2. The number of rotatable bonds is 6. The molecule has 4 rings (SSSR count). The van der Waals surface area contributed by atoms with Gasteiger partial charge in [0.05, 0.1) is 17.9 Å². The SMILES string of the molecule is Cc1occc1C(=O)NC1CCN(C(=O)NCc2cccc(OC3CCCCC3)c2)CC1. The first-order valence-corrected chi connectivity index (χ1v) is 11.7. The maximum Gasteiger partial charge on any atom is 0.317 e. The van der Waals surface area contributed by atoms with Crippen LogP contribution in [0.25, 0.3) is 0 Å². The van der Waals surface area contributed by atoms with E-state index in [-0.39, 0.29) is 18.0 Å². The number of aryl methyl sites for hydroxylation is 1. The van der Waals surface area contributed by atoms with Crippen molar-refractivity contribution in [3.05, 3.63) is 53.5 Å². The zero-order valence-electron chi connectivity index (χ0n) is 18.8. The smallest absolute Gasteiger partial charge is 0.317 e. The second-order valence-electron chi connectivity index (χ2n) is 8.81. The molecule has 0 unspecified atom stereocenters. The summed E-state index contributed by atoms with van der Waals surface area (Å²) in [6.07, 6.45) is 9.34. The van der Waals surface area contributed by atoms with Crippen LogP contribution in [0.15, 0.2) is 41.0 Å². The van der Waals surface area contributed by atoms with Gasteiger partial charge in [0.1, 0.15) is 11.5 Å². The molecule has 32 heavy (non-hydrogen) atoms. The van der Waals surface area contributed by atoms with Crippen molar-refractivity contribution in [1.29, 1.82) is 0 Å². The molecule has 1 saturated heterocycles. The lowest BCUT2D eigenvalue weighted by atomic mass is 9.98. The van der Waals surface area contributed by atoms with Crippen LogP contribution >= 0.6 is 0 Å². The zero-order valence-corrected chi connectivity index (χ0v) is 18.8. The van der Waals surface area contributed by atoms with E-state index in [0.29, 0.717) is 37.1 Å². The molecular formula is C25H33N3O4. The van der Waals surface area contributed by atoms with Gasteiger partial charge in [-0.05, 0) is 69.2 Å². The van der Waals surface area contributed by atoms with E-state index in [1.165, 1.54) is 25.5 Å². The minimum atomic E-state index is -0.116. The number of hydrogen-bond donors (Lipinski definition) is 2. The van der Waals surface area contributed by atoms with E-state index in [2.05, 4.69) is 10.6 Å². The van der Waals surface area contributed by atoms with Gasteiger partial charge in [0, 0.05) is 25.7 Å². The third kappa shape index (κ3) is 5.84. The average molecular weight is 440 g/mol. The Morgan fingerprint density at radius 2 is 1.88 bits per heavy atom. The maximum atomic E-state index is 12.6. The summed E-state index contributed by atoms with van der Waals surface area (Å²) in [7, 11) is 0. The average Bonchev–Trinajstić information content (AvgIpc) is 3.25. The summed E-state index contributed by atoms with van der Waals surface area (Å²) in [4.78, 5) is 26.8. The van der Waals surface area contributed by atoms with E-state index in [0.717, 1.165) is 37.0 Å². The molecule has 0 atom stereocenters. The first-order valence-electron chi connectivity index (χ1n) is 11.7. The maximum absolute atomic E-state index is 12.6. The van der Waals surface area contributed by atoms with Crippen LogP contribution in [0.4, 0.5) is 4.79 Å². The Balaban J connectivity index is 1.20. The number of amides is 3. The molecule has 7 heteroatoms. The van der Waals surface area contributed by atoms with Crippen LogP contribution in [0, 0.1) is 6.92 Å². The monoisotopic (exact) mass is 439 g/mol. The van der Waals surface area contributed by atoms with Gasteiger partial charge in [0.2, 0.25) is 0 Å². The fourth-order valence-corrected chi connectivity index (χ4v) is 4.50. The lowest BCUT2D eigenvalue weighted by Gasteiger charge is -2.32. The highest BCUT2D eigenvalue weighted by molar-refractivity contribution is 5.95. The number of likely N-dealkylation sites (tertiary alicyclic amines) is 1. The number of urea groups is 1. The third-order valence-corrected chi connectivity index (χ3v) is 6.42. The highest BCUT2D eigenvalue weighted by atomic mass is 16.5. The Bertz CT molecular complexity index is 911. The quantitative estimate of drug-likeness (QED) is 0.699. The minimum absolute atomic E-state index is 0.0643. The number of piperidine rings is 1. The molecule has 1 aromatic carbocycles. The molecule has 1 aromatic heterocycles. The number of nitrogens with one attached hydrogen (secondary N) is 2. The van der Waals surface area contributed by atoms with Crippen molar-refractivity contribution < 1.29 is 18.7 Å². The molecule has 1 saturated carbocycles. The second-order valence-corrected chi connectivity index (χ2v) is 8.81. The van der Waals surface area contributed by atoms with Crippen LogP contribution in [0.5, 0.6) is 5.75 Å². The van der Waals surface area contributed by atoms with Gasteiger partial charge in [0.25, 0.3) is 5.91 Å². The van der Waals surface area contributed by atoms with Crippen LogP contribution in [0.1, 0.15) is 66.6 Å². The highest BCUT2D eigenvalue weighted by Gasteiger charge is 2.25. The normalized spacial score (nSPS) is 17.7. The van der Waals surface area contributed by atoms with E-state index >= 15 is 0 Å². The largest absolute Gasteiger partial charge is 0.490 e. The molecule has 1 aliphatic carbocycles. The summed E-state index contributed by atoms with van der Waals surface area (Å²) in [5, 5.41) is 6.06. The fraction of sp³-hybridized carbons (Fsp3) is 0.520. The van der Waals surface area contributed by atoms with Gasteiger partial charge in [-0.15, -0.1) is 0 Å². The summed E-state index contributed by atoms with van der Waals surface area (Å²) in [6.45, 7) is 3.48. The number of carbonyl (C=O) groups excluding carboxylic acids is 2. The summed E-state index contributed by atoms with van der Waals surface area (Å²) < 4.78 is 11.3. The Morgan fingerprint density at radius 3 is 2.59 bits per heavy atom. The van der Waals surface area contributed by atoms with Gasteiger partial charge in [-0.25, -0.2) is 4.79 Å². The third-order valence-electron chi connectivity index (χ3n) is 6.42. The zero-order chi connectivity index (χ0) is 22.3. The van der Waals surface area contributed by atoms with Crippen LogP contribution in [0.2, 0.25) is 0 Å². The second kappa shape index (κ2) is 10.6. The van der Waals surface area contributed by atoms with E-state index in [4.69, 9.17) is 9.15 Å². The number of furan rings is 1. The lowest BCUT2D eigenvalue weighted by molar-refractivity contribution is 0.0916. The molecule has 1 aliphatic heterocycles. The minimum Gasteiger partial charge on any atom is -0.490 e. The van der Waals surface area contributed by atoms with Crippen LogP contribution in [-0.4, -0.2) is 42.1 Å². The van der Waals surface area contributed by atoms with Crippen molar-refractivity contribution in [2.75, 3.05) is 13.1 Å². The van der Waals surface area contributed by atoms with E-state index < -0.39 is 0 Å². The van der Waals surface area contributed by atoms with Gasteiger partial charge < -0.3 is 24.7 Å². The molecule has 0 spiro atoms. The first-order chi connectivity index (χ1) is 15.6. The number of hydrogen-bond acceptors (Lipinski definition) is 4. The molecule has 2 N–H and O–H groups in total. The number of benzene rings is 1.